The number of amides is 1. The molecule has 140 valence electrons. The van der Waals surface area contributed by atoms with Gasteiger partial charge in [-0.1, -0.05) is 49.7 Å². The van der Waals surface area contributed by atoms with E-state index in [1.807, 2.05) is 55.5 Å². The molecule has 0 fully saturated rings. The van der Waals surface area contributed by atoms with Crippen molar-refractivity contribution in [2.45, 2.75) is 32.2 Å². The summed E-state index contributed by atoms with van der Waals surface area (Å²) in [4.78, 5) is 16.8. The summed E-state index contributed by atoms with van der Waals surface area (Å²) in [7, 11) is 1.59. The number of carbonyl (C=O) groups is 1. The number of ether oxygens (including phenoxy) is 1. The first kappa shape index (κ1) is 18.7. The number of para-hydroxylation sites is 1. The Labute approximate surface area is 159 Å². The number of rotatable bonds is 7. The van der Waals surface area contributed by atoms with Gasteiger partial charge in [0.25, 0.3) is 0 Å². The summed E-state index contributed by atoms with van der Waals surface area (Å²) in [5, 5.41) is 14.8. The van der Waals surface area contributed by atoms with Crippen molar-refractivity contribution in [3.05, 3.63) is 65.9 Å². The fourth-order valence-electron chi connectivity index (χ4n) is 3.18. The number of methoxy groups -OCH3 is 1. The van der Waals surface area contributed by atoms with Crippen LogP contribution in [0.1, 0.15) is 43.4 Å². The van der Waals surface area contributed by atoms with Gasteiger partial charge in [-0.3, -0.25) is 9.78 Å². The van der Waals surface area contributed by atoms with Gasteiger partial charge in [0.2, 0.25) is 5.91 Å². The Morgan fingerprint density at radius 3 is 2.74 bits per heavy atom. The molecule has 0 spiro atoms. The Morgan fingerprint density at radius 2 is 1.96 bits per heavy atom. The predicted molar refractivity (Wildman–Crippen MR) is 106 cm³/mol. The number of nitrogens with one attached hydrogen (secondary N) is 1. The van der Waals surface area contributed by atoms with Gasteiger partial charge in [-0.05, 0) is 18.6 Å². The molecule has 3 aromatic rings. The number of carbonyl (C=O) groups excluding carboxylic acids is 1. The zero-order valence-electron chi connectivity index (χ0n) is 15.6. The van der Waals surface area contributed by atoms with E-state index in [9.17, 15) is 9.90 Å². The van der Waals surface area contributed by atoms with Crippen molar-refractivity contribution in [3.63, 3.8) is 0 Å². The minimum Gasteiger partial charge on any atom is -0.505 e. The largest absolute Gasteiger partial charge is 0.505 e. The topological polar surface area (TPSA) is 71.5 Å². The minimum atomic E-state index is -0.531. The van der Waals surface area contributed by atoms with E-state index in [2.05, 4.69) is 10.3 Å². The van der Waals surface area contributed by atoms with Gasteiger partial charge in [-0.2, -0.15) is 0 Å². The summed E-state index contributed by atoms with van der Waals surface area (Å²) < 4.78 is 5.49. The molecule has 0 unspecified atom stereocenters. The average Bonchev–Trinajstić information content (AvgIpc) is 2.71. The van der Waals surface area contributed by atoms with Gasteiger partial charge in [0.1, 0.15) is 17.0 Å². The Hall–Kier alpha value is -3.08. The Bertz CT molecular complexity index is 940. The van der Waals surface area contributed by atoms with Crippen molar-refractivity contribution >= 4 is 16.8 Å². The lowest BCUT2D eigenvalue weighted by atomic mass is 9.95. The maximum atomic E-state index is 12.5. The number of benzene rings is 2. The number of aromatic hydroxyl groups is 1. The lowest BCUT2D eigenvalue weighted by molar-refractivity contribution is -0.121. The summed E-state index contributed by atoms with van der Waals surface area (Å²) in [5.74, 6) is 0.659. The van der Waals surface area contributed by atoms with Gasteiger partial charge in [-0.25, -0.2) is 0 Å². The molecule has 0 aliphatic carbocycles. The zero-order valence-corrected chi connectivity index (χ0v) is 15.6. The standard InChI is InChI=1S/C22H24N2O3/c1-3-4-11-19(25)24-21(16-9-5-6-10-18(16)27-2)17-13-12-15-8-7-14-23-20(15)22(17)26/h5-10,12-14,21,26H,3-4,11H2,1-2H3,(H,24,25)/t21-/m0/s1. The normalized spacial score (nSPS) is 11.9. The highest BCUT2D eigenvalue weighted by molar-refractivity contribution is 5.86. The molecule has 5 nitrogen and oxygen atoms in total. The molecule has 2 N–H and O–H groups in total. The molecule has 1 aromatic heterocycles. The van der Waals surface area contributed by atoms with Crippen LogP contribution in [-0.2, 0) is 4.79 Å². The molecular formula is C22H24N2O3. The highest BCUT2D eigenvalue weighted by atomic mass is 16.5. The van der Waals surface area contributed by atoms with E-state index >= 15 is 0 Å². The lowest BCUT2D eigenvalue weighted by Crippen LogP contribution is -2.29. The van der Waals surface area contributed by atoms with E-state index in [1.54, 1.807) is 13.3 Å². The number of nitrogens with zero attached hydrogens (tertiary/aromatic N) is 1. The lowest BCUT2D eigenvalue weighted by Gasteiger charge is -2.23. The van der Waals surface area contributed by atoms with Crippen molar-refractivity contribution in [3.8, 4) is 11.5 Å². The maximum absolute atomic E-state index is 12.5. The van der Waals surface area contributed by atoms with Crippen LogP contribution in [-0.4, -0.2) is 23.1 Å². The molecular weight excluding hydrogens is 340 g/mol. The molecule has 5 heteroatoms. The van der Waals surface area contributed by atoms with Crippen LogP contribution in [0.2, 0.25) is 0 Å². The molecule has 0 saturated heterocycles. The van der Waals surface area contributed by atoms with Gasteiger partial charge in [0.05, 0.1) is 13.2 Å². The van der Waals surface area contributed by atoms with E-state index in [-0.39, 0.29) is 11.7 Å². The molecule has 0 radical (unpaired) electrons. The third-order valence-corrected chi connectivity index (χ3v) is 4.60. The van der Waals surface area contributed by atoms with Crippen molar-refractivity contribution in [2.75, 3.05) is 7.11 Å². The first-order valence-corrected chi connectivity index (χ1v) is 9.14. The first-order valence-electron chi connectivity index (χ1n) is 9.14. The highest BCUT2D eigenvalue weighted by Gasteiger charge is 2.24. The molecule has 3 rings (SSSR count). The van der Waals surface area contributed by atoms with Crippen LogP contribution in [0, 0.1) is 0 Å². The molecule has 1 heterocycles. The van der Waals surface area contributed by atoms with Gasteiger partial charge in [-0.15, -0.1) is 0 Å². The summed E-state index contributed by atoms with van der Waals surface area (Å²) in [6.45, 7) is 2.05. The number of phenolic OH excluding ortho intramolecular Hbond substituents is 1. The molecule has 0 aliphatic rings. The average molecular weight is 364 g/mol. The monoisotopic (exact) mass is 364 g/mol. The van der Waals surface area contributed by atoms with Crippen LogP contribution in [0.4, 0.5) is 0 Å². The number of hydrogen-bond donors (Lipinski definition) is 2. The van der Waals surface area contributed by atoms with E-state index in [0.29, 0.717) is 23.3 Å². The fraction of sp³-hybridized carbons (Fsp3) is 0.273. The van der Waals surface area contributed by atoms with Crippen LogP contribution >= 0.6 is 0 Å². The van der Waals surface area contributed by atoms with Crippen molar-refractivity contribution in [1.82, 2.24) is 10.3 Å². The van der Waals surface area contributed by atoms with E-state index in [1.165, 1.54) is 0 Å². The summed E-state index contributed by atoms with van der Waals surface area (Å²) in [5.41, 5.74) is 1.89. The summed E-state index contributed by atoms with van der Waals surface area (Å²) >= 11 is 0. The Balaban J connectivity index is 2.09. The quantitative estimate of drug-likeness (QED) is 0.654. The number of pyridine rings is 1. The number of phenols is 1. The van der Waals surface area contributed by atoms with Crippen molar-refractivity contribution < 1.29 is 14.6 Å². The SMILES string of the molecule is CCCCC(=O)N[C@@H](c1ccccc1OC)c1ccc2cccnc2c1O. The number of unbranched alkanes of at least 4 members (excludes halogenated alkanes) is 1. The Kier molecular flexibility index (Phi) is 5.91. The minimum absolute atomic E-state index is 0.0618. The highest BCUT2D eigenvalue weighted by Crippen LogP contribution is 2.37. The molecule has 1 atom stereocenters. The Morgan fingerprint density at radius 1 is 1.15 bits per heavy atom. The molecule has 0 saturated carbocycles. The van der Waals surface area contributed by atoms with Crippen LogP contribution in [0.15, 0.2) is 54.7 Å². The summed E-state index contributed by atoms with van der Waals surface area (Å²) in [6, 6.07) is 14.4. The van der Waals surface area contributed by atoms with Gasteiger partial charge >= 0.3 is 0 Å². The molecule has 0 aliphatic heterocycles. The van der Waals surface area contributed by atoms with E-state index in [4.69, 9.17) is 4.74 Å². The van der Waals surface area contributed by atoms with E-state index in [0.717, 1.165) is 23.8 Å². The first-order chi connectivity index (χ1) is 13.2. The second kappa shape index (κ2) is 8.54. The smallest absolute Gasteiger partial charge is 0.220 e. The molecule has 2 aromatic carbocycles. The third-order valence-electron chi connectivity index (χ3n) is 4.60. The van der Waals surface area contributed by atoms with Gasteiger partial charge < -0.3 is 15.2 Å². The predicted octanol–water partition coefficient (Wildman–Crippen LogP) is 4.34. The number of aromatic nitrogens is 1. The molecule has 27 heavy (non-hydrogen) atoms. The van der Waals surface area contributed by atoms with E-state index < -0.39 is 6.04 Å². The van der Waals surface area contributed by atoms with Crippen LogP contribution in [0.25, 0.3) is 10.9 Å². The third kappa shape index (κ3) is 4.03. The van der Waals surface area contributed by atoms with Crippen molar-refractivity contribution in [1.29, 1.82) is 0 Å². The molecule has 0 bridgehead atoms. The number of fused-ring (bicyclic) bond motifs is 1. The fourth-order valence-corrected chi connectivity index (χ4v) is 3.18. The zero-order chi connectivity index (χ0) is 19.2. The van der Waals surface area contributed by atoms with Crippen LogP contribution < -0.4 is 10.1 Å². The van der Waals surface area contributed by atoms with Crippen LogP contribution in [0.5, 0.6) is 11.5 Å². The van der Waals surface area contributed by atoms with Gasteiger partial charge in [0.15, 0.2) is 0 Å². The van der Waals surface area contributed by atoms with Crippen molar-refractivity contribution in [2.24, 2.45) is 0 Å². The van der Waals surface area contributed by atoms with Gasteiger partial charge in [0, 0.05) is 29.1 Å². The molecule has 1 amide bonds. The number of hydrogen-bond acceptors (Lipinski definition) is 4. The maximum Gasteiger partial charge on any atom is 0.220 e. The van der Waals surface area contributed by atoms with Crippen LogP contribution in [0.3, 0.4) is 0 Å². The second-order valence-electron chi connectivity index (χ2n) is 6.42. The second-order valence-corrected chi connectivity index (χ2v) is 6.42. The summed E-state index contributed by atoms with van der Waals surface area (Å²) in [6.07, 6.45) is 3.84.